The first-order valence-corrected chi connectivity index (χ1v) is 30.0. The van der Waals surface area contributed by atoms with Crippen LogP contribution < -0.4 is 24.2 Å². The third-order valence-corrected chi connectivity index (χ3v) is 17.2. The number of hydrogen-bond donors (Lipinski definition) is 0. The van der Waals surface area contributed by atoms with Crippen molar-refractivity contribution < 1.29 is 9.47 Å². The van der Waals surface area contributed by atoms with E-state index in [1.54, 1.807) is 0 Å². The van der Waals surface area contributed by atoms with Gasteiger partial charge in [-0.05, 0) is 194 Å². The predicted octanol–water partition coefficient (Wildman–Crippen LogP) is 23.8. The van der Waals surface area contributed by atoms with Crippen molar-refractivity contribution in [3.63, 3.8) is 0 Å². The molecular weight excluding hydrogens is 1060 g/mol. The van der Waals surface area contributed by atoms with Crippen LogP contribution in [0.25, 0.3) is 66.8 Å². The van der Waals surface area contributed by atoms with Crippen molar-refractivity contribution in [3.05, 3.63) is 321 Å². The minimum absolute atomic E-state index is 0.302. The first-order chi connectivity index (χ1) is 43.0. The van der Waals surface area contributed by atoms with Gasteiger partial charge in [0.25, 0.3) is 0 Å². The molecule has 2 aliphatic heterocycles. The molecule has 0 amide bonds. The number of anilines is 9. The zero-order chi connectivity index (χ0) is 58.2. The van der Waals surface area contributed by atoms with Gasteiger partial charge in [-0.1, -0.05) is 220 Å². The zero-order valence-corrected chi connectivity index (χ0v) is 48.5. The van der Waals surface area contributed by atoms with Crippen molar-refractivity contribution >= 4 is 51.2 Å². The molecule has 1 unspecified atom stereocenters. The van der Waals surface area contributed by atoms with E-state index in [4.69, 9.17) is 9.47 Å². The Morgan fingerprint density at radius 2 is 0.517 bits per heavy atom. The van der Waals surface area contributed by atoms with Gasteiger partial charge in [-0.2, -0.15) is 0 Å². The molecule has 2 aliphatic rings. The molecule has 0 aromatic heterocycles. The number of ether oxygens (including phenoxy) is 2. The molecule has 416 valence electrons. The smallest absolute Gasteiger partial charge is 0.155 e. The Bertz CT molecular complexity index is 4100. The molecule has 0 spiro atoms. The summed E-state index contributed by atoms with van der Waals surface area (Å²) in [4.78, 5) is 6.99. The van der Waals surface area contributed by atoms with Crippen LogP contribution in [0.4, 0.5) is 51.2 Å². The van der Waals surface area contributed by atoms with Gasteiger partial charge in [0.1, 0.15) is 5.69 Å². The number of nitrogens with zero attached hydrogens (tertiary/aromatic N) is 3. The Morgan fingerprint density at radius 1 is 0.276 bits per heavy atom. The van der Waals surface area contributed by atoms with E-state index >= 15 is 0 Å². The van der Waals surface area contributed by atoms with Crippen LogP contribution in [-0.2, 0) is 0 Å². The van der Waals surface area contributed by atoms with E-state index in [1.165, 1.54) is 50.1 Å². The Balaban J connectivity index is 0.746. The molecule has 0 fully saturated rings. The number of rotatable bonds is 14. The normalized spacial score (nSPS) is 12.2. The van der Waals surface area contributed by atoms with Gasteiger partial charge in [0, 0.05) is 34.1 Å². The fraction of sp³-hybridized carbons (Fsp3) is 0.0488. The second kappa shape index (κ2) is 22.8. The predicted molar refractivity (Wildman–Crippen MR) is 362 cm³/mol. The maximum atomic E-state index is 7.00. The number of benzene rings is 13. The van der Waals surface area contributed by atoms with Crippen molar-refractivity contribution in [2.24, 2.45) is 0 Å². The molecule has 15 rings (SSSR count). The van der Waals surface area contributed by atoms with Crippen molar-refractivity contribution in [1.29, 1.82) is 0 Å². The lowest BCUT2D eigenvalue weighted by molar-refractivity contribution is 0.444. The highest BCUT2D eigenvalue weighted by Crippen LogP contribution is 2.61. The third kappa shape index (κ3) is 10.3. The van der Waals surface area contributed by atoms with Gasteiger partial charge in [0.15, 0.2) is 23.0 Å². The molecule has 0 bridgehead atoms. The van der Waals surface area contributed by atoms with Crippen LogP contribution in [0, 0.1) is 0 Å². The molecule has 5 heteroatoms. The minimum atomic E-state index is 0.302. The summed E-state index contributed by atoms with van der Waals surface area (Å²) in [6.45, 7) is 4.50. The summed E-state index contributed by atoms with van der Waals surface area (Å²) in [6.07, 6.45) is 0.986. The Hall–Kier alpha value is -11.1. The topological polar surface area (TPSA) is 28.2 Å². The largest absolute Gasteiger partial charge is 0.453 e. The fourth-order valence-corrected chi connectivity index (χ4v) is 12.3. The summed E-state index contributed by atoms with van der Waals surface area (Å²) in [5.74, 6) is 3.45. The minimum Gasteiger partial charge on any atom is -0.453 e. The SMILES string of the molecule is CCC(C)c1cc2c3c(c1)Oc1cc(-c4ccc(N(c5ccc(-c6ccccc6)cc5)c5ccc(-c6ccccc6)cc5)cc4)ccc1N3c1ccc(-c3ccc(N(c4ccc(-c5ccccc5)cc4)c4ccc(-c5ccccc5)cc4)cc3)cc1O2. The van der Waals surface area contributed by atoms with Gasteiger partial charge in [-0.15, -0.1) is 0 Å². The molecule has 0 saturated heterocycles. The molecule has 13 aromatic rings. The van der Waals surface area contributed by atoms with Gasteiger partial charge >= 0.3 is 0 Å². The molecule has 13 aromatic carbocycles. The lowest BCUT2D eigenvalue weighted by atomic mass is 9.95. The van der Waals surface area contributed by atoms with Crippen LogP contribution in [0.15, 0.2) is 315 Å². The molecule has 1 atom stereocenters. The van der Waals surface area contributed by atoms with E-state index in [0.29, 0.717) is 5.92 Å². The summed E-state index contributed by atoms with van der Waals surface area (Å²) >= 11 is 0. The maximum Gasteiger partial charge on any atom is 0.155 e. The maximum absolute atomic E-state index is 7.00. The molecular formula is C82H61N3O2. The molecule has 87 heavy (non-hydrogen) atoms. The van der Waals surface area contributed by atoms with E-state index in [-0.39, 0.29) is 0 Å². The fourth-order valence-electron chi connectivity index (χ4n) is 12.3. The van der Waals surface area contributed by atoms with Crippen LogP contribution >= 0.6 is 0 Å². The monoisotopic (exact) mass is 1120 g/mol. The van der Waals surface area contributed by atoms with E-state index in [2.05, 4.69) is 344 Å². The van der Waals surface area contributed by atoms with Crippen molar-refractivity contribution in [1.82, 2.24) is 0 Å². The zero-order valence-electron chi connectivity index (χ0n) is 48.5. The average molecular weight is 1120 g/mol. The molecule has 0 aliphatic carbocycles. The molecule has 2 heterocycles. The van der Waals surface area contributed by atoms with Gasteiger partial charge in [0.2, 0.25) is 0 Å². The van der Waals surface area contributed by atoms with Crippen molar-refractivity contribution in [2.75, 3.05) is 14.7 Å². The highest BCUT2D eigenvalue weighted by atomic mass is 16.5. The summed E-state index contributed by atoms with van der Waals surface area (Å²) in [7, 11) is 0. The van der Waals surface area contributed by atoms with E-state index in [1.807, 2.05) is 0 Å². The number of fused-ring (bicyclic) bond motifs is 4. The average Bonchev–Trinajstić information content (AvgIpc) is 0.943. The van der Waals surface area contributed by atoms with Gasteiger partial charge in [0.05, 0.1) is 11.4 Å². The van der Waals surface area contributed by atoms with E-state index in [9.17, 15) is 0 Å². The van der Waals surface area contributed by atoms with Crippen LogP contribution in [0.2, 0.25) is 0 Å². The molecule has 5 nitrogen and oxygen atoms in total. The van der Waals surface area contributed by atoms with Crippen molar-refractivity contribution in [3.8, 4) is 89.8 Å². The van der Waals surface area contributed by atoms with E-state index < -0.39 is 0 Å². The van der Waals surface area contributed by atoms with Crippen LogP contribution in [0.1, 0.15) is 31.7 Å². The lowest BCUT2D eigenvalue weighted by Crippen LogP contribution is -2.20. The third-order valence-electron chi connectivity index (χ3n) is 17.2. The summed E-state index contributed by atoms with van der Waals surface area (Å²) in [6, 6.07) is 113. The second-order valence-corrected chi connectivity index (χ2v) is 22.5. The summed E-state index contributed by atoms with van der Waals surface area (Å²) in [5.41, 5.74) is 24.2. The Kier molecular flexibility index (Phi) is 13.8. The van der Waals surface area contributed by atoms with Gasteiger partial charge in [-0.25, -0.2) is 0 Å². The van der Waals surface area contributed by atoms with Crippen LogP contribution in [0.3, 0.4) is 0 Å². The summed E-state index contributed by atoms with van der Waals surface area (Å²) < 4.78 is 14.0. The van der Waals surface area contributed by atoms with Gasteiger partial charge in [-0.3, -0.25) is 4.90 Å². The second-order valence-electron chi connectivity index (χ2n) is 22.5. The van der Waals surface area contributed by atoms with E-state index in [0.717, 1.165) is 103 Å². The van der Waals surface area contributed by atoms with Crippen LogP contribution in [-0.4, -0.2) is 0 Å². The first kappa shape index (κ1) is 52.6. The summed E-state index contributed by atoms with van der Waals surface area (Å²) in [5, 5.41) is 0. The van der Waals surface area contributed by atoms with Gasteiger partial charge < -0.3 is 19.3 Å². The Morgan fingerprint density at radius 3 is 0.782 bits per heavy atom. The quantitative estimate of drug-likeness (QED) is 0.108. The highest BCUT2D eigenvalue weighted by molar-refractivity contribution is 5.96. The molecule has 0 saturated carbocycles. The Labute approximate surface area is 509 Å². The first-order valence-electron chi connectivity index (χ1n) is 30.0. The molecule has 0 N–H and O–H groups in total. The van der Waals surface area contributed by atoms with Crippen LogP contribution in [0.5, 0.6) is 23.0 Å². The lowest BCUT2D eigenvalue weighted by Gasteiger charge is -2.38. The highest BCUT2D eigenvalue weighted by Gasteiger charge is 2.36. The number of hydrogen-bond acceptors (Lipinski definition) is 5. The van der Waals surface area contributed by atoms with Crippen molar-refractivity contribution in [2.45, 2.75) is 26.2 Å². The standard InChI is InChI=1S/C82H61N3O2/c1-3-56(2)69-54-80-82-81(55-69)87-79-53-68(66-34-48-75(49-35-66)84(72-42-28-63(29-43-72)59-20-12-6-13-21-59)73-44-30-64(31-45-73)60-22-14-7-15-23-60)37-51-77(79)85(82)76-50-36-67(52-78(76)86-80)65-32-46-74(47-33-65)83(70-38-24-61(25-39-70)57-16-8-4-9-17-57)71-40-26-62(27-41-71)58-18-10-5-11-19-58/h4-56H,3H2,1-2H3. The molecule has 0 radical (unpaired) electrons.